The summed E-state index contributed by atoms with van der Waals surface area (Å²) in [5.74, 6) is 0.186. The summed E-state index contributed by atoms with van der Waals surface area (Å²) in [5.41, 5.74) is 0.810. The van der Waals surface area contributed by atoms with Gasteiger partial charge in [-0.05, 0) is 56.5 Å². The molecule has 2 aliphatic rings. The number of benzene rings is 1. The number of piperazine rings is 1. The summed E-state index contributed by atoms with van der Waals surface area (Å²) >= 11 is 5.95. The summed E-state index contributed by atoms with van der Waals surface area (Å²) in [4.78, 5) is 17.6. The number of halogens is 1. The molecule has 1 aromatic rings. The van der Waals surface area contributed by atoms with Crippen molar-refractivity contribution in [3.63, 3.8) is 0 Å². The zero-order valence-electron chi connectivity index (χ0n) is 15.3. The van der Waals surface area contributed by atoms with Crippen LogP contribution in [0.3, 0.4) is 0 Å². The van der Waals surface area contributed by atoms with Crippen LogP contribution in [0.5, 0.6) is 0 Å². The normalized spacial score (nSPS) is 20.4. The average molecular weight is 364 g/mol. The van der Waals surface area contributed by atoms with Crippen LogP contribution in [0.4, 0.5) is 0 Å². The number of carbonyl (C=O) groups excluding carboxylic acids is 1. The standard InChI is InChI=1S/C20H30ClN3O/c1-2-23-13-15-24(16-14-23)12-4-3-11-22-19(25)20(9-10-20)17-5-7-18(21)8-6-17/h5-8H,2-4,9-16H2,1H3,(H,22,25). The number of unbranched alkanes of at least 4 members (excludes halogenated alkanes) is 1. The minimum absolute atomic E-state index is 0.186. The average Bonchev–Trinajstić information content (AvgIpc) is 3.44. The van der Waals surface area contributed by atoms with Gasteiger partial charge < -0.3 is 15.1 Å². The van der Waals surface area contributed by atoms with Gasteiger partial charge in [-0.3, -0.25) is 4.79 Å². The molecular formula is C20H30ClN3O. The largest absolute Gasteiger partial charge is 0.355 e. The fourth-order valence-electron chi connectivity index (χ4n) is 3.70. The highest BCUT2D eigenvalue weighted by Gasteiger charge is 2.50. The van der Waals surface area contributed by atoms with E-state index in [-0.39, 0.29) is 11.3 Å². The Balaban J connectivity index is 1.34. The molecule has 0 spiro atoms. The molecule has 0 unspecified atom stereocenters. The highest BCUT2D eigenvalue weighted by molar-refractivity contribution is 6.30. The summed E-state index contributed by atoms with van der Waals surface area (Å²) < 4.78 is 0. The molecule has 1 N–H and O–H groups in total. The molecule has 1 aromatic carbocycles. The maximum absolute atomic E-state index is 12.6. The van der Waals surface area contributed by atoms with Crippen LogP contribution in [-0.2, 0) is 10.2 Å². The Kier molecular flexibility index (Phi) is 6.37. The SMILES string of the molecule is CCN1CCN(CCCCNC(=O)C2(c3ccc(Cl)cc3)CC2)CC1. The highest BCUT2D eigenvalue weighted by Crippen LogP contribution is 2.48. The van der Waals surface area contributed by atoms with Crippen LogP contribution in [-0.4, -0.2) is 61.5 Å². The van der Waals surface area contributed by atoms with Crippen molar-refractivity contribution >= 4 is 17.5 Å². The smallest absolute Gasteiger partial charge is 0.230 e. The predicted octanol–water partition coefficient (Wildman–Crippen LogP) is 2.91. The first kappa shape index (κ1) is 18.7. The second-order valence-corrected chi connectivity index (χ2v) is 7.76. The van der Waals surface area contributed by atoms with E-state index in [0.29, 0.717) is 0 Å². The quantitative estimate of drug-likeness (QED) is 0.721. The van der Waals surface area contributed by atoms with E-state index in [0.717, 1.165) is 55.9 Å². The van der Waals surface area contributed by atoms with Gasteiger partial charge in [-0.15, -0.1) is 0 Å². The molecule has 0 radical (unpaired) electrons. The predicted molar refractivity (Wildman–Crippen MR) is 103 cm³/mol. The van der Waals surface area contributed by atoms with E-state index in [2.05, 4.69) is 22.0 Å². The Hall–Kier alpha value is -1.10. The molecule has 1 amide bonds. The molecule has 1 saturated heterocycles. The van der Waals surface area contributed by atoms with E-state index >= 15 is 0 Å². The molecule has 138 valence electrons. The maximum Gasteiger partial charge on any atom is 0.230 e. The molecule has 0 aromatic heterocycles. The minimum atomic E-state index is -0.291. The molecule has 1 aliphatic heterocycles. The van der Waals surface area contributed by atoms with Gasteiger partial charge in [-0.25, -0.2) is 0 Å². The van der Waals surface area contributed by atoms with Gasteiger partial charge in [-0.1, -0.05) is 30.7 Å². The number of likely N-dealkylation sites (N-methyl/N-ethyl adjacent to an activating group) is 1. The van der Waals surface area contributed by atoms with Gasteiger partial charge in [0.2, 0.25) is 5.91 Å². The highest BCUT2D eigenvalue weighted by atomic mass is 35.5. The minimum Gasteiger partial charge on any atom is -0.355 e. The molecule has 1 saturated carbocycles. The van der Waals surface area contributed by atoms with Crippen molar-refractivity contribution in [2.45, 2.75) is 38.0 Å². The third kappa shape index (κ3) is 4.75. The lowest BCUT2D eigenvalue weighted by Gasteiger charge is -2.34. The lowest BCUT2D eigenvalue weighted by molar-refractivity contribution is -0.123. The summed E-state index contributed by atoms with van der Waals surface area (Å²) in [5, 5.41) is 3.88. The molecule has 0 bridgehead atoms. The molecule has 3 rings (SSSR count). The first-order chi connectivity index (χ1) is 12.1. The molecule has 1 aliphatic carbocycles. The zero-order chi connectivity index (χ0) is 17.7. The van der Waals surface area contributed by atoms with Crippen molar-refractivity contribution in [3.8, 4) is 0 Å². The molecular weight excluding hydrogens is 334 g/mol. The monoisotopic (exact) mass is 363 g/mol. The number of amides is 1. The van der Waals surface area contributed by atoms with Crippen molar-refractivity contribution in [2.24, 2.45) is 0 Å². The van der Waals surface area contributed by atoms with Crippen LogP contribution in [0, 0.1) is 0 Å². The first-order valence-electron chi connectivity index (χ1n) is 9.63. The molecule has 25 heavy (non-hydrogen) atoms. The van der Waals surface area contributed by atoms with Crippen LogP contribution >= 0.6 is 11.6 Å². The van der Waals surface area contributed by atoms with E-state index < -0.39 is 0 Å². The molecule has 0 atom stereocenters. The Bertz CT molecular complexity index is 563. The van der Waals surface area contributed by atoms with Crippen molar-refractivity contribution in [2.75, 3.05) is 45.8 Å². The number of hydrogen-bond donors (Lipinski definition) is 1. The topological polar surface area (TPSA) is 35.6 Å². The summed E-state index contributed by atoms with van der Waals surface area (Å²) in [6.07, 6.45) is 4.10. The zero-order valence-corrected chi connectivity index (χ0v) is 16.0. The Morgan fingerprint density at radius 3 is 2.32 bits per heavy atom. The fourth-order valence-corrected chi connectivity index (χ4v) is 3.83. The van der Waals surface area contributed by atoms with Gasteiger partial charge in [0, 0.05) is 37.7 Å². The van der Waals surface area contributed by atoms with Crippen LogP contribution < -0.4 is 5.32 Å². The molecule has 1 heterocycles. The van der Waals surface area contributed by atoms with Crippen LogP contribution in [0.15, 0.2) is 24.3 Å². The Morgan fingerprint density at radius 1 is 1.08 bits per heavy atom. The van der Waals surface area contributed by atoms with E-state index in [9.17, 15) is 4.79 Å². The van der Waals surface area contributed by atoms with E-state index in [1.54, 1.807) is 0 Å². The summed E-state index contributed by atoms with van der Waals surface area (Å²) in [6, 6.07) is 7.74. The second kappa shape index (κ2) is 8.52. The number of carbonyl (C=O) groups is 1. The number of nitrogens with one attached hydrogen (secondary N) is 1. The van der Waals surface area contributed by atoms with Gasteiger partial charge in [-0.2, -0.15) is 0 Å². The molecule has 2 fully saturated rings. The fraction of sp³-hybridized carbons (Fsp3) is 0.650. The lowest BCUT2D eigenvalue weighted by Crippen LogP contribution is -2.46. The number of hydrogen-bond acceptors (Lipinski definition) is 3. The molecule has 4 nitrogen and oxygen atoms in total. The van der Waals surface area contributed by atoms with Crippen molar-refractivity contribution in [1.29, 1.82) is 0 Å². The van der Waals surface area contributed by atoms with Crippen molar-refractivity contribution in [1.82, 2.24) is 15.1 Å². The van der Waals surface area contributed by atoms with E-state index in [1.807, 2.05) is 24.3 Å². The number of rotatable bonds is 8. The van der Waals surface area contributed by atoms with Crippen molar-refractivity contribution < 1.29 is 4.79 Å². The Labute approximate surface area is 156 Å². The second-order valence-electron chi connectivity index (χ2n) is 7.33. The summed E-state index contributed by atoms with van der Waals surface area (Å²) in [6.45, 7) is 10.1. The van der Waals surface area contributed by atoms with Crippen LogP contribution in [0.2, 0.25) is 5.02 Å². The summed E-state index contributed by atoms with van der Waals surface area (Å²) in [7, 11) is 0. The van der Waals surface area contributed by atoms with Gasteiger partial charge >= 0.3 is 0 Å². The number of nitrogens with zero attached hydrogens (tertiary/aromatic N) is 2. The lowest BCUT2D eigenvalue weighted by atomic mass is 9.95. The van der Waals surface area contributed by atoms with Gasteiger partial charge in [0.05, 0.1) is 5.41 Å². The molecule has 5 heteroatoms. The van der Waals surface area contributed by atoms with Crippen molar-refractivity contribution in [3.05, 3.63) is 34.9 Å². The van der Waals surface area contributed by atoms with E-state index in [1.165, 1.54) is 26.2 Å². The third-order valence-electron chi connectivity index (χ3n) is 5.68. The van der Waals surface area contributed by atoms with Gasteiger partial charge in [0.15, 0.2) is 0 Å². The first-order valence-corrected chi connectivity index (χ1v) is 10.0. The maximum atomic E-state index is 12.6. The van der Waals surface area contributed by atoms with Gasteiger partial charge in [0.25, 0.3) is 0 Å². The van der Waals surface area contributed by atoms with Crippen LogP contribution in [0.25, 0.3) is 0 Å². The van der Waals surface area contributed by atoms with Gasteiger partial charge in [0.1, 0.15) is 0 Å². The Morgan fingerprint density at radius 2 is 1.72 bits per heavy atom. The van der Waals surface area contributed by atoms with Crippen LogP contribution in [0.1, 0.15) is 38.2 Å². The van der Waals surface area contributed by atoms with E-state index in [4.69, 9.17) is 11.6 Å². The third-order valence-corrected chi connectivity index (χ3v) is 5.93.